The molecule has 4 nitrogen and oxygen atoms in total. The first kappa shape index (κ1) is 16.0. The van der Waals surface area contributed by atoms with Crippen molar-refractivity contribution >= 4 is 5.97 Å². The number of hydrogen-bond acceptors (Lipinski definition) is 3. The van der Waals surface area contributed by atoms with E-state index in [0.29, 0.717) is 23.8 Å². The van der Waals surface area contributed by atoms with Crippen LogP contribution in [0, 0.1) is 13.8 Å². The topological polar surface area (TPSA) is 55.0 Å². The number of benzene rings is 2. The molecular weight excluding hydrogens is 300 g/mol. The molecule has 0 aliphatic rings. The summed E-state index contributed by atoms with van der Waals surface area (Å²) in [6, 6.07) is 15.9. The number of nitrogens with one attached hydrogen (secondary N) is 1. The van der Waals surface area contributed by atoms with E-state index in [-0.39, 0.29) is 5.97 Å². The van der Waals surface area contributed by atoms with Crippen molar-refractivity contribution in [2.45, 2.75) is 20.8 Å². The number of aromatic nitrogens is 2. The molecule has 3 aromatic rings. The Balaban J connectivity index is 2.18. The largest absolute Gasteiger partial charge is 0.461 e. The molecule has 0 saturated carbocycles. The van der Waals surface area contributed by atoms with Crippen LogP contribution in [0.2, 0.25) is 0 Å². The third kappa shape index (κ3) is 3.08. The van der Waals surface area contributed by atoms with Crippen LogP contribution in [0.4, 0.5) is 0 Å². The number of ether oxygens (including phenoxy) is 1. The summed E-state index contributed by atoms with van der Waals surface area (Å²) in [6.45, 7) is 6.16. The van der Waals surface area contributed by atoms with E-state index in [1.165, 1.54) is 0 Å². The van der Waals surface area contributed by atoms with Crippen molar-refractivity contribution in [3.8, 4) is 22.6 Å². The van der Waals surface area contributed by atoms with Gasteiger partial charge >= 0.3 is 5.97 Å². The quantitative estimate of drug-likeness (QED) is 0.718. The van der Waals surface area contributed by atoms with Crippen molar-refractivity contribution in [2.75, 3.05) is 6.61 Å². The molecule has 1 N–H and O–H groups in total. The van der Waals surface area contributed by atoms with Crippen molar-refractivity contribution in [3.05, 3.63) is 65.4 Å². The zero-order chi connectivity index (χ0) is 17.1. The summed E-state index contributed by atoms with van der Waals surface area (Å²) in [4.78, 5) is 20.2. The minimum absolute atomic E-state index is 0.324. The van der Waals surface area contributed by atoms with Gasteiger partial charge in [-0.25, -0.2) is 9.78 Å². The molecule has 0 atom stereocenters. The van der Waals surface area contributed by atoms with Gasteiger partial charge in [0.1, 0.15) is 11.5 Å². The monoisotopic (exact) mass is 320 g/mol. The Kier molecular flexibility index (Phi) is 4.47. The maximum Gasteiger partial charge on any atom is 0.357 e. The maximum atomic E-state index is 12.4. The molecular formula is C20H20N2O2. The molecule has 0 aliphatic heterocycles. The summed E-state index contributed by atoms with van der Waals surface area (Å²) >= 11 is 0. The Bertz CT molecular complexity index is 867. The Labute approximate surface area is 141 Å². The molecule has 1 heterocycles. The number of imidazole rings is 1. The van der Waals surface area contributed by atoms with Gasteiger partial charge in [0.25, 0.3) is 0 Å². The Hall–Kier alpha value is -2.88. The van der Waals surface area contributed by atoms with Crippen molar-refractivity contribution in [3.63, 3.8) is 0 Å². The van der Waals surface area contributed by atoms with Gasteiger partial charge in [0.05, 0.1) is 6.61 Å². The highest BCUT2D eigenvalue weighted by atomic mass is 16.5. The maximum absolute atomic E-state index is 12.4. The van der Waals surface area contributed by atoms with Crippen LogP contribution in [-0.4, -0.2) is 22.5 Å². The number of nitrogens with zero attached hydrogens (tertiary/aromatic N) is 1. The molecule has 122 valence electrons. The second-order valence-corrected chi connectivity index (χ2v) is 5.71. The molecule has 0 fully saturated rings. The van der Waals surface area contributed by atoms with Crippen LogP contribution in [0.3, 0.4) is 0 Å². The van der Waals surface area contributed by atoms with E-state index >= 15 is 0 Å². The van der Waals surface area contributed by atoms with Gasteiger partial charge in [-0.05, 0) is 32.4 Å². The normalized spacial score (nSPS) is 10.6. The SMILES string of the molecule is CCOC(=O)c1[nH]c(-c2ccccc2)nc1-c1cc(C)ccc1C. The van der Waals surface area contributed by atoms with Crippen LogP contribution in [0.15, 0.2) is 48.5 Å². The number of rotatable bonds is 4. The van der Waals surface area contributed by atoms with Gasteiger partial charge in [0, 0.05) is 11.1 Å². The van der Waals surface area contributed by atoms with Gasteiger partial charge in [0.15, 0.2) is 5.69 Å². The van der Waals surface area contributed by atoms with E-state index in [1.807, 2.05) is 62.4 Å². The fraction of sp³-hybridized carbons (Fsp3) is 0.200. The van der Waals surface area contributed by atoms with Gasteiger partial charge in [-0.2, -0.15) is 0 Å². The first-order valence-electron chi connectivity index (χ1n) is 8.00. The molecule has 0 unspecified atom stereocenters. The zero-order valence-corrected chi connectivity index (χ0v) is 14.1. The molecule has 0 saturated heterocycles. The average Bonchev–Trinajstić information content (AvgIpc) is 3.03. The van der Waals surface area contributed by atoms with E-state index in [2.05, 4.69) is 4.98 Å². The summed E-state index contributed by atoms with van der Waals surface area (Å²) in [5, 5.41) is 0. The van der Waals surface area contributed by atoms with Crippen LogP contribution in [-0.2, 0) is 4.74 Å². The second-order valence-electron chi connectivity index (χ2n) is 5.71. The van der Waals surface area contributed by atoms with Gasteiger partial charge in [0.2, 0.25) is 0 Å². The van der Waals surface area contributed by atoms with Crippen molar-refractivity contribution in [1.82, 2.24) is 9.97 Å². The predicted molar refractivity (Wildman–Crippen MR) is 94.9 cm³/mol. The van der Waals surface area contributed by atoms with Gasteiger partial charge < -0.3 is 9.72 Å². The number of aryl methyl sites for hydroxylation is 2. The van der Waals surface area contributed by atoms with Crippen LogP contribution < -0.4 is 0 Å². The summed E-state index contributed by atoms with van der Waals surface area (Å²) in [5.74, 6) is 0.276. The minimum Gasteiger partial charge on any atom is -0.461 e. The molecule has 0 bridgehead atoms. The molecule has 4 heteroatoms. The smallest absolute Gasteiger partial charge is 0.357 e. The van der Waals surface area contributed by atoms with E-state index in [9.17, 15) is 4.79 Å². The van der Waals surface area contributed by atoms with Crippen LogP contribution >= 0.6 is 0 Å². The van der Waals surface area contributed by atoms with E-state index < -0.39 is 0 Å². The lowest BCUT2D eigenvalue weighted by molar-refractivity contribution is 0.0521. The Morgan fingerprint density at radius 2 is 1.88 bits per heavy atom. The third-order valence-electron chi connectivity index (χ3n) is 3.88. The molecule has 1 aromatic heterocycles. The highest BCUT2D eigenvalue weighted by Gasteiger charge is 2.21. The number of carbonyl (C=O) groups is 1. The molecule has 3 rings (SSSR count). The van der Waals surface area contributed by atoms with Crippen molar-refractivity contribution in [2.24, 2.45) is 0 Å². The summed E-state index contributed by atoms with van der Waals surface area (Å²) < 4.78 is 5.20. The standard InChI is InChI=1S/C20H20N2O2/c1-4-24-20(23)18-17(16-12-13(2)10-11-14(16)3)21-19(22-18)15-8-6-5-7-9-15/h5-12H,4H2,1-3H3,(H,21,22). The van der Waals surface area contributed by atoms with Gasteiger partial charge in [-0.1, -0.05) is 48.0 Å². The fourth-order valence-corrected chi connectivity index (χ4v) is 2.64. The van der Waals surface area contributed by atoms with E-state index in [1.54, 1.807) is 6.92 Å². The molecule has 2 aromatic carbocycles. The molecule has 0 spiro atoms. The average molecular weight is 320 g/mol. The number of esters is 1. The lowest BCUT2D eigenvalue weighted by Crippen LogP contribution is -2.07. The highest BCUT2D eigenvalue weighted by molar-refractivity contribution is 5.95. The third-order valence-corrected chi connectivity index (χ3v) is 3.88. The lowest BCUT2D eigenvalue weighted by Gasteiger charge is -2.07. The summed E-state index contributed by atoms with van der Waals surface area (Å²) in [6.07, 6.45) is 0. The number of H-pyrrole nitrogens is 1. The molecule has 0 amide bonds. The predicted octanol–water partition coefficient (Wildman–Crippen LogP) is 4.54. The number of aromatic amines is 1. The van der Waals surface area contributed by atoms with Gasteiger partial charge in [-0.15, -0.1) is 0 Å². The fourth-order valence-electron chi connectivity index (χ4n) is 2.64. The Morgan fingerprint density at radius 3 is 2.58 bits per heavy atom. The zero-order valence-electron chi connectivity index (χ0n) is 14.1. The Morgan fingerprint density at radius 1 is 1.12 bits per heavy atom. The van der Waals surface area contributed by atoms with Crippen LogP contribution in [0.1, 0.15) is 28.5 Å². The molecule has 0 radical (unpaired) electrons. The molecule has 0 aliphatic carbocycles. The van der Waals surface area contributed by atoms with Crippen molar-refractivity contribution in [1.29, 1.82) is 0 Å². The first-order valence-corrected chi connectivity index (χ1v) is 8.00. The minimum atomic E-state index is -0.386. The second kappa shape index (κ2) is 6.71. The highest BCUT2D eigenvalue weighted by Crippen LogP contribution is 2.29. The lowest BCUT2D eigenvalue weighted by atomic mass is 10.0. The van der Waals surface area contributed by atoms with E-state index in [0.717, 1.165) is 22.3 Å². The van der Waals surface area contributed by atoms with Gasteiger partial charge in [-0.3, -0.25) is 0 Å². The number of carbonyl (C=O) groups excluding carboxylic acids is 1. The van der Waals surface area contributed by atoms with Crippen LogP contribution in [0.5, 0.6) is 0 Å². The van der Waals surface area contributed by atoms with Crippen LogP contribution in [0.25, 0.3) is 22.6 Å². The molecule has 24 heavy (non-hydrogen) atoms. The van der Waals surface area contributed by atoms with Crippen molar-refractivity contribution < 1.29 is 9.53 Å². The first-order chi connectivity index (χ1) is 11.6. The number of hydrogen-bond donors (Lipinski definition) is 1. The summed E-state index contributed by atoms with van der Waals surface area (Å²) in [5.41, 5.74) is 5.08. The summed E-state index contributed by atoms with van der Waals surface area (Å²) in [7, 11) is 0. The van der Waals surface area contributed by atoms with E-state index in [4.69, 9.17) is 9.72 Å².